The second kappa shape index (κ2) is 6.43. The number of hydrogen-bond donors (Lipinski definition) is 2. The van der Waals surface area contributed by atoms with Gasteiger partial charge < -0.3 is 14.8 Å². The Morgan fingerprint density at radius 1 is 1.12 bits per heavy atom. The molecule has 0 radical (unpaired) electrons. The maximum atomic E-state index is 12.4. The van der Waals surface area contributed by atoms with Crippen LogP contribution in [0, 0.1) is 6.92 Å². The molecule has 1 aromatic carbocycles. The molecule has 0 bridgehead atoms. The summed E-state index contributed by atoms with van der Waals surface area (Å²) in [5, 5.41) is 19.9. The van der Waals surface area contributed by atoms with Crippen LogP contribution < -0.4 is 5.32 Å². The Balaban J connectivity index is 1.76. The highest BCUT2D eigenvalue weighted by atomic mass is 16.4. The molecule has 0 spiro atoms. The van der Waals surface area contributed by atoms with Crippen molar-refractivity contribution in [3.8, 4) is 11.5 Å². The third-order valence-electron chi connectivity index (χ3n) is 4.39. The number of carbonyl (C=O) groups excluding carboxylic acids is 1. The average Bonchev–Trinajstić information content (AvgIpc) is 3.02. The maximum Gasteiger partial charge on any atom is 0.329 e. The molecule has 7 nitrogen and oxygen atoms in total. The van der Waals surface area contributed by atoms with E-state index in [0.717, 1.165) is 19.3 Å². The molecule has 1 aliphatic rings. The van der Waals surface area contributed by atoms with Crippen molar-refractivity contribution in [3.63, 3.8) is 0 Å². The summed E-state index contributed by atoms with van der Waals surface area (Å²) in [4.78, 5) is 24.1. The average molecular weight is 329 g/mol. The third kappa shape index (κ3) is 3.15. The Morgan fingerprint density at radius 3 is 2.33 bits per heavy atom. The Labute approximate surface area is 139 Å². The lowest BCUT2D eigenvalue weighted by Gasteiger charge is -2.34. The van der Waals surface area contributed by atoms with Gasteiger partial charge in [-0.1, -0.05) is 19.3 Å². The molecule has 1 amide bonds. The Hall–Kier alpha value is -2.70. The zero-order chi connectivity index (χ0) is 17.2. The van der Waals surface area contributed by atoms with Crippen LogP contribution in [0.4, 0.5) is 0 Å². The van der Waals surface area contributed by atoms with E-state index in [1.54, 1.807) is 31.2 Å². The first-order chi connectivity index (χ1) is 11.5. The number of carboxylic acids is 1. The summed E-state index contributed by atoms with van der Waals surface area (Å²) in [6, 6.07) is 6.66. The molecule has 1 saturated carbocycles. The van der Waals surface area contributed by atoms with Gasteiger partial charge in [0.15, 0.2) is 0 Å². The van der Waals surface area contributed by atoms with Crippen LogP contribution in [0.2, 0.25) is 0 Å². The van der Waals surface area contributed by atoms with E-state index in [9.17, 15) is 14.7 Å². The smallest absolute Gasteiger partial charge is 0.329 e. The highest BCUT2D eigenvalue weighted by Gasteiger charge is 2.41. The number of nitrogens with one attached hydrogen (secondary N) is 1. The van der Waals surface area contributed by atoms with Gasteiger partial charge in [-0.25, -0.2) is 4.79 Å². The normalized spacial score (nSPS) is 16.5. The Morgan fingerprint density at radius 2 is 1.79 bits per heavy atom. The lowest BCUT2D eigenvalue weighted by atomic mass is 9.81. The van der Waals surface area contributed by atoms with E-state index in [4.69, 9.17) is 4.42 Å². The molecule has 0 saturated heterocycles. The lowest BCUT2D eigenvalue weighted by molar-refractivity contribution is -0.145. The molecule has 0 atom stereocenters. The van der Waals surface area contributed by atoms with E-state index < -0.39 is 11.5 Å². The fourth-order valence-corrected chi connectivity index (χ4v) is 3.01. The zero-order valence-corrected chi connectivity index (χ0v) is 13.4. The van der Waals surface area contributed by atoms with Crippen LogP contribution in [0.1, 0.15) is 48.4 Å². The fourth-order valence-electron chi connectivity index (χ4n) is 3.01. The van der Waals surface area contributed by atoms with Gasteiger partial charge in [0.1, 0.15) is 5.54 Å². The predicted molar refractivity (Wildman–Crippen MR) is 85.4 cm³/mol. The van der Waals surface area contributed by atoms with E-state index in [0.29, 0.717) is 35.7 Å². The van der Waals surface area contributed by atoms with Crippen LogP contribution in [0.15, 0.2) is 28.7 Å². The number of rotatable bonds is 4. The second-order valence-corrected chi connectivity index (χ2v) is 6.11. The minimum absolute atomic E-state index is 0.382. The number of carboxylic acid groups (broad SMARTS) is 1. The fraction of sp³-hybridized carbons (Fsp3) is 0.412. The number of aliphatic carboxylic acids is 1. The first kappa shape index (κ1) is 16.2. The molecule has 1 aliphatic carbocycles. The molecule has 1 fully saturated rings. The van der Waals surface area contributed by atoms with E-state index in [2.05, 4.69) is 15.5 Å². The molecule has 1 heterocycles. The number of carbonyl (C=O) groups is 2. The minimum Gasteiger partial charge on any atom is -0.480 e. The minimum atomic E-state index is -1.16. The summed E-state index contributed by atoms with van der Waals surface area (Å²) in [6.07, 6.45) is 3.55. The van der Waals surface area contributed by atoms with Crippen LogP contribution >= 0.6 is 0 Å². The molecule has 24 heavy (non-hydrogen) atoms. The van der Waals surface area contributed by atoms with Gasteiger partial charge in [-0.05, 0) is 37.1 Å². The van der Waals surface area contributed by atoms with E-state index >= 15 is 0 Å². The first-order valence-electron chi connectivity index (χ1n) is 7.97. The number of amides is 1. The highest BCUT2D eigenvalue weighted by Crippen LogP contribution is 2.29. The van der Waals surface area contributed by atoms with Crippen LogP contribution in [-0.2, 0) is 4.79 Å². The number of benzene rings is 1. The molecular formula is C17H19N3O4. The number of aromatic nitrogens is 2. The molecule has 0 aliphatic heterocycles. The standard InChI is InChI=1S/C17H19N3O4/c1-11-19-20-15(24-11)13-7-5-12(6-8-13)14(21)18-17(16(22)23)9-3-2-4-10-17/h5-8H,2-4,9-10H2,1H3,(H,18,21)(H,22,23). The summed E-state index contributed by atoms with van der Waals surface area (Å²) in [6.45, 7) is 1.70. The highest BCUT2D eigenvalue weighted by molar-refractivity contribution is 5.98. The van der Waals surface area contributed by atoms with Crippen molar-refractivity contribution in [2.75, 3.05) is 0 Å². The summed E-state index contributed by atoms with van der Waals surface area (Å²) in [5.74, 6) is -0.498. The monoisotopic (exact) mass is 329 g/mol. The zero-order valence-electron chi connectivity index (χ0n) is 13.4. The lowest BCUT2D eigenvalue weighted by Crippen LogP contribution is -2.55. The summed E-state index contributed by atoms with van der Waals surface area (Å²) in [7, 11) is 0. The van der Waals surface area contributed by atoms with E-state index in [-0.39, 0.29) is 5.91 Å². The molecule has 3 rings (SSSR count). The Kier molecular flexibility index (Phi) is 4.33. The van der Waals surface area contributed by atoms with Crippen LogP contribution in [0.25, 0.3) is 11.5 Å². The van der Waals surface area contributed by atoms with Crippen molar-refractivity contribution in [2.45, 2.75) is 44.6 Å². The Bertz CT molecular complexity index is 745. The van der Waals surface area contributed by atoms with E-state index in [1.807, 2.05) is 0 Å². The van der Waals surface area contributed by atoms with Crippen LogP contribution in [0.5, 0.6) is 0 Å². The molecule has 126 valence electrons. The van der Waals surface area contributed by atoms with Crippen molar-refractivity contribution in [2.24, 2.45) is 0 Å². The van der Waals surface area contributed by atoms with Gasteiger partial charge >= 0.3 is 5.97 Å². The van der Waals surface area contributed by atoms with Crippen molar-refractivity contribution in [3.05, 3.63) is 35.7 Å². The number of hydrogen-bond acceptors (Lipinski definition) is 5. The predicted octanol–water partition coefficient (Wildman–Crippen LogP) is 2.56. The molecule has 2 aromatic rings. The van der Waals surface area contributed by atoms with Gasteiger partial charge in [0, 0.05) is 18.1 Å². The molecule has 1 aromatic heterocycles. The topological polar surface area (TPSA) is 105 Å². The SMILES string of the molecule is Cc1nnc(-c2ccc(C(=O)NC3(C(=O)O)CCCCC3)cc2)o1. The van der Waals surface area contributed by atoms with Crippen LogP contribution in [0.3, 0.4) is 0 Å². The summed E-state index contributed by atoms with van der Waals surface area (Å²) < 4.78 is 5.34. The second-order valence-electron chi connectivity index (χ2n) is 6.11. The molecule has 0 unspecified atom stereocenters. The number of nitrogens with zero attached hydrogens (tertiary/aromatic N) is 2. The van der Waals surface area contributed by atoms with Crippen molar-refractivity contribution in [1.29, 1.82) is 0 Å². The third-order valence-corrected chi connectivity index (χ3v) is 4.39. The first-order valence-corrected chi connectivity index (χ1v) is 7.97. The largest absolute Gasteiger partial charge is 0.480 e. The molecular weight excluding hydrogens is 310 g/mol. The van der Waals surface area contributed by atoms with Crippen molar-refractivity contribution < 1.29 is 19.1 Å². The van der Waals surface area contributed by atoms with Crippen molar-refractivity contribution >= 4 is 11.9 Å². The van der Waals surface area contributed by atoms with Gasteiger partial charge in [0.25, 0.3) is 5.91 Å². The van der Waals surface area contributed by atoms with Crippen molar-refractivity contribution in [1.82, 2.24) is 15.5 Å². The van der Waals surface area contributed by atoms with Gasteiger partial charge in [0.05, 0.1) is 0 Å². The van der Waals surface area contributed by atoms with Gasteiger partial charge in [0.2, 0.25) is 11.8 Å². The summed E-state index contributed by atoms with van der Waals surface area (Å²) >= 11 is 0. The molecule has 2 N–H and O–H groups in total. The van der Waals surface area contributed by atoms with E-state index in [1.165, 1.54) is 0 Å². The quantitative estimate of drug-likeness (QED) is 0.893. The van der Waals surface area contributed by atoms with Crippen LogP contribution in [-0.4, -0.2) is 32.7 Å². The maximum absolute atomic E-state index is 12.4. The summed E-state index contributed by atoms with van der Waals surface area (Å²) in [5.41, 5.74) is -0.0450. The number of aryl methyl sites for hydroxylation is 1. The van der Waals surface area contributed by atoms with Gasteiger partial charge in [-0.2, -0.15) is 0 Å². The molecule has 7 heteroatoms. The van der Waals surface area contributed by atoms with Gasteiger partial charge in [-0.15, -0.1) is 10.2 Å². The van der Waals surface area contributed by atoms with Gasteiger partial charge in [-0.3, -0.25) is 4.79 Å².